The van der Waals surface area contributed by atoms with Gasteiger partial charge in [0.15, 0.2) is 5.84 Å². The zero-order valence-electron chi connectivity index (χ0n) is 11.4. The summed E-state index contributed by atoms with van der Waals surface area (Å²) in [6, 6.07) is 5.51. The molecule has 2 rings (SSSR count). The number of amidine groups is 1. The third kappa shape index (κ3) is 3.13. The Morgan fingerprint density at radius 2 is 2.00 bits per heavy atom. The lowest BCUT2D eigenvalue weighted by Gasteiger charge is -2.38. The van der Waals surface area contributed by atoms with Gasteiger partial charge in [0.05, 0.1) is 10.7 Å². The van der Waals surface area contributed by atoms with Crippen molar-refractivity contribution in [2.24, 2.45) is 16.3 Å². The lowest BCUT2D eigenvalue weighted by atomic mass is 9.82. The van der Waals surface area contributed by atoms with Crippen LogP contribution in [0.25, 0.3) is 0 Å². The predicted molar refractivity (Wildman–Crippen MR) is 79.2 cm³/mol. The maximum atomic E-state index is 8.66. The van der Waals surface area contributed by atoms with E-state index in [9.17, 15) is 0 Å². The summed E-state index contributed by atoms with van der Waals surface area (Å²) >= 11 is 6.30. The Balaban J connectivity index is 2.18. The Kier molecular flexibility index (Phi) is 3.90. The van der Waals surface area contributed by atoms with Gasteiger partial charge in [-0.15, -0.1) is 0 Å². The molecule has 1 aliphatic rings. The van der Waals surface area contributed by atoms with E-state index in [2.05, 4.69) is 23.9 Å². The lowest BCUT2D eigenvalue weighted by Crippen LogP contribution is -2.37. The predicted octanol–water partition coefficient (Wildman–Crippen LogP) is 3.06. The molecule has 1 aromatic rings. The van der Waals surface area contributed by atoms with Crippen molar-refractivity contribution in [3.05, 3.63) is 28.8 Å². The van der Waals surface area contributed by atoms with E-state index in [0.29, 0.717) is 16.0 Å². The minimum absolute atomic E-state index is 0.0771. The minimum Gasteiger partial charge on any atom is -0.409 e. The second-order valence-electron chi connectivity index (χ2n) is 5.80. The first-order valence-electron chi connectivity index (χ1n) is 6.45. The summed E-state index contributed by atoms with van der Waals surface area (Å²) in [5, 5.41) is 12.3. The summed E-state index contributed by atoms with van der Waals surface area (Å²) in [5.74, 6) is 0.0771. The van der Waals surface area contributed by atoms with Gasteiger partial charge in [0, 0.05) is 18.7 Å². The molecule has 1 aromatic carbocycles. The lowest BCUT2D eigenvalue weighted by molar-refractivity contribution is 0.280. The maximum absolute atomic E-state index is 8.66. The van der Waals surface area contributed by atoms with Crippen molar-refractivity contribution in [2.45, 2.75) is 26.7 Å². The van der Waals surface area contributed by atoms with Crippen molar-refractivity contribution in [1.29, 1.82) is 0 Å². The van der Waals surface area contributed by atoms with Crippen LogP contribution in [-0.2, 0) is 0 Å². The molecule has 1 fully saturated rings. The molecule has 1 saturated heterocycles. The first-order valence-corrected chi connectivity index (χ1v) is 6.83. The van der Waals surface area contributed by atoms with E-state index in [1.807, 2.05) is 12.1 Å². The summed E-state index contributed by atoms with van der Waals surface area (Å²) in [4.78, 5) is 2.30. The zero-order valence-corrected chi connectivity index (χ0v) is 12.1. The Morgan fingerprint density at radius 1 is 1.37 bits per heavy atom. The summed E-state index contributed by atoms with van der Waals surface area (Å²) in [6.07, 6.45) is 2.32. The number of benzene rings is 1. The molecule has 0 atom stereocenters. The fraction of sp³-hybridized carbons (Fsp3) is 0.500. The number of rotatable bonds is 2. The van der Waals surface area contributed by atoms with Crippen LogP contribution in [0.15, 0.2) is 23.4 Å². The molecule has 0 radical (unpaired) electrons. The molecule has 1 aliphatic heterocycles. The minimum atomic E-state index is 0.0771. The van der Waals surface area contributed by atoms with Gasteiger partial charge in [0.25, 0.3) is 0 Å². The van der Waals surface area contributed by atoms with Crippen LogP contribution in [0, 0.1) is 5.41 Å². The van der Waals surface area contributed by atoms with Crippen molar-refractivity contribution in [3.63, 3.8) is 0 Å². The van der Waals surface area contributed by atoms with E-state index in [-0.39, 0.29) is 5.84 Å². The highest BCUT2D eigenvalue weighted by atomic mass is 35.5. The summed E-state index contributed by atoms with van der Waals surface area (Å²) in [6.45, 7) is 6.62. The quantitative estimate of drug-likeness (QED) is 0.379. The SMILES string of the molecule is CC1(C)CCN(c2ccc(C(N)=NO)cc2Cl)CC1. The maximum Gasteiger partial charge on any atom is 0.170 e. The molecular weight excluding hydrogens is 262 g/mol. The van der Waals surface area contributed by atoms with Gasteiger partial charge in [0.2, 0.25) is 0 Å². The second-order valence-corrected chi connectivity index (χ2v) is 6.21. The number of nitrogens with zero attached hydrogens (tertiary/aromatic N) is 2. The molecular formula is C14H20ClN3O. The van der Waals surface area contributed by atoms with E-state index in [4.69, 9.17) is 22.5 Å². The van der Waals surface area contributed by atoms with Gasteiger partial charge in [-0.25, -0.2) is 0 Å². The monoisotopic (exact) mass is 281 g/mol. The zero-order chi connectivity index (χ0) is 14.0. The Bertz CT molecular complexity index is 489. The standard InChI is InChI=1S/C14H20ClN3O/c1-14(2)5-7-18(8-6-14)12-4-3-10(9-11(12)15)13(16)17-19/h3-4,9,19H,5-8H2,1-2H3,(H2,16,17). The number of nitrogens with two attached hydrogens (primary N) is 1. The third-order valence-corrected chi connectivity index (χ3v) is 4.11. The molecule has 0 amide bonds. The van der Waals surface area contributed by atoms with Crippen molar-refractivity contribution in [3.8, 4) is 0 Å². The van der Waals surface area contributed by atoms with Crippen LogP contribution >= 0.6 is 11.6 Å². The van der Waals surface area contributed by atoms with Gasteiger partial charge in [-0.05, 0) is 36.5 Å². The van der Waals surface area contributed by atoms with Gasteiger partial charge < -0.3 is 15.8 Å². The smallest absolute Gasteiger partial charge is 0.170 e. The molecule has 0 aliphatic carbocycles. The number of piperidine rings is 1. The van der Waals surface area contributed by atoms with Gasteiger partial charge in [-0.3, -0.25) is 0 Å². The molecule has 104 valence electrons. The summed E-state index contributed by atoms with van der Waals surface area (Å²) < 4.78 is 0. The topological polar surface area (TPSA) is 61.8 Å². The first-order chi connectivity index (χ1) is 8.93. The molecule has 0 unspecified atom stereocenters. The van der Waals surface area contributed by atoms with Crippen molar-refractivity contribution in [2.75, 3.05) is 18.0 Å². The van der Waals surface area contributed by atoms with Crippen LogP contribution in [-0.4, -0.2) is 24.1 Å². The Morgan fingerprint density at radius 3 is 2.53 bits per heavy atom. The molecule has 1 heterocycles. The van der Waals surface area contributed by atoms with Crippen LogP contribution in [0.1, 0.15) is 32.3 Å². The van der Waals surface area contributed by atoms with Gasteiger partial charge in [0.1, 0.15) is 0 Å². The number of anilines is 1. The van der Waals surface area contributed by atoms with Crippen molar-refractivity contribution in [1.82, 2.24) is 0 Å². The van der Waals surface area contributed by atoms with E-state index < -0.39 is 0 Å². The van der Waals surface area contributed by atoms with Crippen LogP contribution in [0.4, 0.5) is 5.69 Å². The fourth-order valence-corrected chi connectivity index (χ4v) is 2.63. The third-order valence-electron chi connectivity index (χ3n) is 3.81. The molecule has 3 N–H and O–H groups in total. The van der Waals surface area contributed by atoms with Gasteiger partial charge >= 0.3 is 0 Å². The van der Waals surface area contributed by atoms with E-state index in [1.165, 1.54) is 0 Å². The second kappa shape index (κ2) is 5.29. The molecule has 19 heavy (non-hydrogen) atoms. The van der Waals surface area contributed by atoms with Gasteiger partial charge in [-0.1, -0.05) is 30.6 Å². The largest absolute Gasteiger partial charge is 0.409 e. The number of oxime groups is 1. The van der Waals surface area contributed by atoms with Crippen LogP contribution in [0.5, 0.6) is 0 Å². The number of hydrogen-bond acceptors (Lipinski definition) is 3. The number of hydrogen-bond donors (Lipinski definition) is 2. The number of halogens is 1. The highest BCUT2D eigenvalue weighted by Gasteiger charge is 2.26. The van der Waals surface area contributed by atoms with Crippen molar-refractivity contribution < 1.29 is 5.21 Å². The van der Waals surface area contributed by atoms with Crippen LogP contribution in [0.3, 0.4) is 0 Å². The Hall–Kier alpha value is -1.42. The van der Waals surface area contributed by atoms with E-state index in [1.54, 1.807) is 6.07 Å². The van der Waals surface area contributed by atoms with E-state index in [0.717, 1.165) is 31.6 Å². The molecule has 4 nitrogen and oxygen atoms in total. The highest BCUT2D eigenvalue weighted by Crippen LogP contribution is 2.35. The average Bonchev–Trinajstić information content (AvgIpc) is 2.38. The van der Waals surface area contributed by atoms with Crippen LogP contribution in [0.2, 0.25) is 5.02 Å². The normalized spacial score (nSPS) is 19.5. The van der Waals surface area contributed by atoms with Crippen molar-refractivity contribution >= 4 is 23.1 Å². The molecule has 5 heteroatoms. The molecule has 0 saturated carbocycles. The first kappa shape index (κ1) is 14.0. The summed E-state index contributed by atoms with van der Waals surface area (Å²) in [7, 11) is 0. The molecule has 0 bridgehead atoms. The van der Waals surface area contributed by atoms with Crippen LogP contribution < -0.4 is 10.6 Å². The summed E-state index contributed by atoms with van der Waals surface area (Å²) in [5.41, 5.74) is 7.62. The average molecular weight is 282 g/mol. The Labute approximate surface area is 118 Å². The molecule has 0 aromatic heterocycles. The fourth-order valence-electron chi connectivity index (χ4n) is 2.33. The highest BCUT2D eigenvalue weighted by molar-refractivity contribution is 6.33. The molecule has 0 spiro atoms. The van der Waals surface area contributed by atoms with Gasteiger partial charge in [-0.2, -0.15) is 0 Å². The van der Waals surface area contributed by atoms with E-state index >= 15 is 0 Å².